The first-order valence-corrected chi connectivity index (χ1v) is 7.48. The minimum absolute atomic E-state index is 0.234. The third kappa shape index (κ3) is 5.29. The van der Waals surface area contributed by atoms with E-state index in [1.807, 2.05) is 0 Å². The summed E-state index contributed by atoms with van der Waals surface area (Å²) >= 11 is 0. The molecule has 0 aromatic carbocycles. The van der Waals surface area contributed by atoms with Crippen LogP contribution < -0.4 is 0 Å². The molecule has 0 fully saturated rings. The molecule has 0 aliphatic heterocycles. The Kier molecular flexibility index (Phi) is 7.36. The van der Waals surface area contributed by atoms with E-state index in [4.69, 9.17) is 5.11 Å². The standard InChI is InChI=1S/C11H21O6P/c1-5-9(11(13)14)6-8(2)10(12)7-18(15,16-3)17-4/h8-9H,5-7H2,1-4H3,(H,13,14)/t8-,9+/m1/s1. The van der Waals surface area contributed by atoms with Crippen LogP contribution in [0.5, 0.6) is 0 Å². The summed E-state index contributed by atoms with van der Waals surface area (Å²) in [5.74, 6) is -2.27. The topological polar surface area (TPSA) is 89.9 Å². The van der Waals surface area contributed by atoms with Crippen LogP contribution in [0.4, 0.5) is 0 Å². The number of hydrogen-bond donors (Lipinski definition) is 1. The lowest BCUT2D eigenvalue weighted by Crippen LogP contribution is -2.23. The van der Waals surface area contributed by atoms with E-state index in [1.54, 1.807) is 13.8 Å². The smallest absolute Gasteiger partial charge is 0.337 e. The van der Waals surface area contributed by atoms with Gasteiger partial charge in [0.15, 0.2) is 0 Å². The van der Waals surface area contributed by atoms with Gasteiger partial charge >= 0.3 is 13.6 Å². The molecule has 7 heteroatoms. The fourth-order valence-electron chi connectivity index (χ4n) is 1.55. The Balaban J connectivity index is 4.52. The number of Topliss-reactive ketones (excluding diaryl/α,β-unsaturated/α-hetero) is 1. The minimum atomic E-state index is -3.36. The molecule has 18 heavy (non-hydrogen) atoms. The number of rotatable bonds is 9. The average molecular weight is 280 g/mol. The lowest BCUT2D eigenvalue weighted by molar-refractivity contribution is -0.142. The molecule has 0 aliphatic carbocycles. The van der Waals surface area contributed by atoms with Gasteiger partial charge in [-0.25, -0.2) is 0 Å². The van der Waals surface area contributed by atoms with Crippen molar-refractivity contribution in [2.24, 2.45) is 11.8 Å². The fourth-order valence-corrected chi connectivity index (χ4v) is 2.65. The molecule has 0 bridgehead atoms. The van der Waals surface area contributed by atoms with Crippen LogP contribution in [0.1, 0.15) is 26.7 Å². The van der Waals surface area contributed by atoms with Gasteiger partial charge in [0, 0.05) is 20.1 Å². The Morgan fingerprint density at radius 2 is 1.78 bits per heavy atom. The molecule has 0 unspecified atom stereocenters. The highest BCUT2D eigenvalue weighted by Crippen LogP contribution is 2.46. The molecule has 106 valence electrons. The van der Waals surface area contributed by atoms with Gasteiger partial charge in [0.1, 0.15) is 11.9 Å². The number of carbonyl (C=O) groups is 2. The summed E-state index contributed by atoms with van der Waals surface area (Å²) in [6, 6.07) is 0. The summed E-state index contributed by atoms with van der Waals surface area (Å²) in [6.45, 7) is 3.38. The molecular weight excluding hydrogens is 259 g/mol. The van der Waals surface area contributed by atoms with Gasteiger partial charge in [-0.3, -0.25) is 14.2 Å². The Morgan fingerprint density at radius 1 is 1.28 bits per heavy atom. The average Bonchev–Trinajstić information content (AvgIpc) is 2.34. The Bertz CT molecular complexity index is 332. The first-order chi connectivity index (χ1) is 8.29. The van der Waals surface area contributed by atoms with Crippen LogP contribution in [0.3, 0.4) is 0 Å². The zero-order valence-electron chi connectivity index (χ0n) is 11.2. The highest BCUT2D eigenvalue weighted by atomic mass is 31.2. The zero-order chi connectivity index (χ0) is 14.3. The second-order valence-corrected chi connectivity index (χ2v) is 6.45. The predicted octanol–water partition coefficient (Wildman–Crippen LogP) is 2.18. The van der Waals surface area contributed by atoms with Gasteiger partial charge in [-0.15, -0.1) is 0 Å². The fraction of sp³-hybridized carbons (Fsp3) is 0.818. The van der Waals surface area contributed by atoms with Gasteiger partial charge in [-0.05, 0) is 12.8 Å². The SMILES string of the molecule is CC[C@@H](C[C@@H](C)C(=O)CP(=O)(OC)OC)C(=O)O. The molecule has 0 amide bonds. The number of aliphatic carboxylic acids is 1. The van der Waals surface area contributed by atoms with Crippen molar-refractivity contribution < 1.29 is 28.3 Å². The van der Waals surface area contributed by atoms with Crippen molar-refractivity contribution >= 4 is 19.3 Å². The molecular formula is C11H21O6P. The van der Waals surface area contributed by atoms with Crippen molar-refractivity contribution in [3.05, 3.63) is 0 Å². The highest BCUT2D eigenvalue weighted by Gasteiger charge is 2.30. The van der Waals surface area contributed by atoms with Crippen LogP contribution in [-0.2, 0) is 23.2 Å². The van der Waals surface area contributed by atoms with Crippen molar-refractivity contribution in [1.82, 2.24) is 0 Å². The lowest BCUT2D eigenvalue weighted by atomic mass is 9.91. The van der Waals surface area contributed by atoms with Crippen molar-refractivity contribution in [2.75, 3.05) is 20.4 Å². The summed E-state index contributed by atoms with van der Waals surface area (Å²) in [7, 11) is -0.931. The van der Waals surface area contributed by atoms with E-state index in [2.05, 4.69) is 9.05 Å². The normalized spacial score (nSPS) is 15.1. The molecule has 0 rings (SSSR count). The number of carboxylic acids is 1. The molecule has 0 heterocycles. The van der Waals surface area contributed by atoms with E-state index >= 15 is 0 Å². The molecule has 0 spiro atoms. The van der Waals surface area contributed by atoms with Gasteiger partial charge in [-0.2, -0.15) is 0 Å². The third-order valence-electron chi connectivity index (χ3n) is 2.94. The van der Waals surface area contributed by atoms with Crippen LogP contribution in [-0.4, -0.2) is 37.2 Å². The van der Waals surface area contributed by atoms with Crippen molar-refractivity contribution in [3.63, 3.8) is 0 Å². The quantitative estimate of drug-likeness (QED) is 0.651. The first-order valence-electron chi connectivity index (χ1n) is 5.75. The Labute approximate surface area is 107 Å². The Hall–Kier alpha value is -0.710. The van der Waals surface area contributed by atoms with E-state index < -0.39 is 25.4 Å². The molecule has 0 aromatic heterocycles. The molecule has 1 N–H and O–H groups in total. The minimum Gasteiger partial charge on any atom is -0.481 e. The lowest BCUT2D eigenvalue weighted by Gasteiger charge is -2.18. The second kappa shape index (κ2) is 7.67. The van der Waals surface area contributed by atoms with E-state index in [0.29, 0.717) is 6.42 Å². The number of carbonyl (C=O) groups excluding carboxylic acids is 1. The van der Waals surface area contributed by atoms with Crippen molar-refractivity contribution in [2.45, 2.75) is 26.7 Å². The third-order valence-corrected chi connectivity index (χ3v) is 4.75. The van der Waals surface area contributed by atoms with Gasteiger partial charge in [0.25, 0.3) is 0 Å². The molecule has 0 aromatic rings. The molecule has 0 radical (unpaired) electrons. The van der Waals surface area contributed by atoms with Crippen LogP contribution >= 0.6 is 7.60 Å². The monoisotopic (exact) mass is 280 g/mol. The maximum atomic E-state index is 11.8. The second-order valence-electron chi connectivity index (χ2n) is 4.18. The summed E-state index contributed by atoms with van der Waals surface area (Å²) in [4.78, 5) is 22.7. The maximum absolute atomic E-state index is 11.8. The van der Waals surface area contributed by atoms with Crippen LogP contribution in [0.15, 0.2) is 0 Å². The van der Waals surface area contributed by atoms with Gasteiger partial charge in [0.05, 0.1) is 5.92 Å². The van der Waals surface area contributed by atoms with Crippen molar-refractivity contribution in [1.29, 1.82) is 0 Å². The maximum Gasteiger partial charge on any atom is 0.337 e. The zero-order valence-corrected chi connectivity index (χ0v) is 12.1. The number of ketones is 1. The van der Waals surface area contributed by atoms with Crippen LogP contribution in [0.25, 0.3) is 0 Å². The van der Waals surface area contributed by atoms with Crippen LogP contribution in [0.2, 0.25) is 0 Å². The summed E-state index contributed by atoms with van der Waals surface area (Å²) < 4.78 is 21.1. The van der Waals surface area contributed by atoms with Gasteiger partial charge in [-0.1, -0.05) is 13.8 Å². The molecule has 0 saturated carbocycles. The largest absolute Gasteiger partial charge is 0.481 e. The molecule has 6 nitrogen and oxygen atoms in total. The molecule has 0 aliphatic rings. The van der Waals surface area contributed by atoms with Gasteiger partial charge in [0.2, 0.25) is 0 Å². The van der Waals surface area contributed by atoms with Gasteiger partial charge < -0.3 is 14.2 Å². The number of carboxylic acid groups (broad SMARTS) is 1. The number of hydrogen-bond acceptors (Lipinski definition) is 5. The molecule has 0 saturated heterocycles. The molecule has 2 atom stereocenters. The Morgan fingerprint density at radius 3 is 2.11 bits per heavy atom. The summed E-state index contributed by atoms with van der Waals surface area (Å²) in [5, 5.41) is 8.91. The van der Waals surface area contributed by atoms with E-state index in [-0.39, 0.29) is 18.4 Å². The van der Waals surface area contributed by atoms with Crippen LogP contribution in [0, 0.1) is 11.8 Å². The van der Waals surface area contributed by atoms with E-state index in [9.17, 15) is 14.2 Å². The predicted molar refractivity (Wildman–Crippen MR) is 66.7 cm³/mol. The highest BCUT2D eigenvalue weighted by molar-refractivity contribution is 7.54. The van der Waals surface area contributed by atoms with E-state index in [1.165, 1.54) is 14.2 Å². The summed E-state index contributed by atoms with van der Waals surface area (Å²) in [5.41, 5.74) is 0. The first kappa shape index (κ1) is 17.3. The van der Waals surface area contributed by atoms with E-state index in [0.717, 1.165) is 0 Å². The summed E-state index contributed by atoms with van der Waals surface area (Å²) in [6.07, 6.45) is 0.370. The van der Waals surface area contributed by atoms with Crippen molar-refractivity contribution in [3.8, 4) is 0 Å².